The maximum atomic E-state index is 4.24. The monoisotopic (exact) mass is 286 g/mol. The smallest absolute Gasteiger partial charge is 0.0704 e. The zero-order valence-electron chi connectivity index (χ0n) is 12.8. The predicted octanol–water partition coefficient (Wildman–Crippen LogP) is 5.09. The molecule has 0 bridgehead atoms. The topological polar surface area (TPSA) is 25.8 Å². The highest BCUT2D eigenvalue weighted by Gasteiger charge is 1.94. The van der Waals surface area contributed by atoms with E-state index in [1.54, 1.807) is 0 Å². The van der Waals surface area contributed by atoms with Crippen molar-refractivity contribution in [2.75, 3.05) is 0 Å². The highest BCUT2D eigenvalue weighted by atomic mass is 14.6. The van der Waals surface area contributed by atoms with Crippen LogP contribution in [0.5, 0.6) is 0 Å². The highest BCUT2D eigenvalue weighted by Crippen LogP contribution is 2.15. The Kier molecular flexibility index (Phi) is 4.10. The van der Waals surface area contributed by atoms with Crippen LogP contribution >= 0.6 is 0 Å². The zero-order valence-corrected chi connectivity index (χ0v) is 12.8. The lowest BCUT2D eigenvalue weighted by Crippen LogP contribution is -1.79. The van der Waals surface area contributed by atoms with Gasteiger partial charge in [-0.2, -0.15) is 0 Å². The molecule has 0 aliphatic rings. The second-order valence-corrected chi connectivity index (χ2v) is 5.32. The van der Waals surface area contributed by atoms with E-state index in [4.69, 9.17) is 0 Å². The Morgan fingerprint density at radius 2 is 1.45 bits per heavy atom. The van der Waals surface area contributed by atoms with E-state index in [0.717, 1.165) is 5.52 Å². The molecule has 0 radical (unpaired) electrons. The summed E-state index contributed by atoms with van der Waals surface area (Å²) in [6, 6.07) is 18.5. The molecule has 2 nitrogen and oxygen atoms in total. The van der Waals surface area contributed by atoms with E-state index in [1.807, 2.05) is 42.9 Å². The Balaban J connectivity index is 0.000000131. The molecule has 0 aliphatic carbocycles. The predicted molar refractivity (Wildman–Crippen MR) is 93.0 cm³/mol. The number of rotatable bonds is 0. The second kappa shape index (κ2) is 6.35. The maximum absolute atomic E-state index is 4.24. The van der Waals surface area contributed by atoms with Gasteiger partial charge in [-0.15, -0.1) is 0 Å². The summed E-state index contributed by atoms with van der Waals surface area (Å²) in [5.41, 5.74) is 3.67. The van der Waals surface area contributed by atoms with E-state index in [0.29, 0.717) is 0 Å². The first-order valence-corrected chi connectivity index (χ1v) is 7.35. The van der Waals surface area contributed by atoms with Crippen molar-refractivity contribution in [1.82, 2.24) is 9.97 Å². The van der Waals surface area contributed by atoms with Crippen molar-refractivity contribution in [2.24, 2.45) is 0 Å². The average Bonchev–Trinajstić information content (AvgIpc) is 2.57. The van der Waals surface area contributed by atoms with Crippen molar-refractivity contribution < 1.29 is 0 Å². The van der Waals surface area contributed by atoms with Gasteiger partial charge in [-0.05, 0) is 48.6 Å². The Morgan fingerprint density at radius 3 is 2.23 bits per heavy atom. The minimum Gasteiger partial charge on any atom is -0.264 e. The number of benzene rings is 2. The fourth-order valence-corrected chi connectivity index (χ4v) is 2.54. The zero-order chi connectivity index (χ0) is 15.4. The maximum Gasteiger partial charge on any atom is 0.0704 e. The number of aromatic nitrogens is 2. The van der Waals surface area contributed by atoms with Gasteiger partial charge in [0, 0.05) is 29.4 Å². The van der Waals surface area contributed by atoms with Gasteiger partial charge in [-0.25, -0.2) is 0 Å². The van der Waals surface area contributed by atoms with Gasteiger partial charge in [0.15, 0.2) is 0 Å². The summed E-state index contributed by atoms with van der Waals surface area (Å²) in [5.74, 6) is 0. The first-order chi connectivity index (χ1) is 10.8. The SMILES string of the molecule is Cc1cccc2cnccc12.Cc1cccc2ncccc12. The summed E-state index contributed by atoms with van der Waals surface area (Å²) in [6.07, 6.45) is 5.54. The molecule has 4 rings (SSSR count). The van der Waals surface area contributed by atoms with Gasteiger partial charge in [-0.3, -0.25) is 9.97 Å². The van der Waals surface area contributed by atoms with Crippen molar-refractivity contribution in [3.05, 3.63) is 84.3 Å². The average molecular weight is 286 g/mol. The number of pyridine rings is 2. The highest BCUT2D eigenvalue weighted by molar-refractivity contribution is 5.84. The minimum absolute atomic E-state index is 1.08. The first kappa shape index (κ1) is 14.2. The fraction of sp³-hybridized carbons (Fsp3) is 0.100. The number of hydrogen-bond donors (Lipinski definition) is 0. The van der Waals surface area contributed by atoms with Gasteiger partial charge in [0.25, 0.3) is 0 Å². The van der Waals surface area contributed by atoms with E-state index < -0.39 is 0 Å². The van der Waals surface area contributed by atoms with Crippen LogP contribution in [0, 0.1) is 13.8 Å². The summed E-state index contributed by atoms with van der Waals surface area (Å²) in [4.78, 5) is 8.30. The van der Waals surface area contributed by atoms with Crippen LogP contribution in [0.4, 0.5) is 0 Å². The van der Waals surface area contributed by atoms with Gasteiger partial charge >= 0.3 is 0 Å². The quantitative estimate of drug-likeness (QED) is 0.450. The van der Waals surface area contributed by atoms with Crippen LogP contribution < -0.4 is 0 Å². The van der Waals surface area contributed by atoms with E-state index in [1.165, 1.54) is 27.3 Å². The molecule has 22 heavy (non-hydrogen) atoms. The normalized spacial score (nSPS) is 10.3. The second-order valence-electron chi connectivity index (χ2n) is 5.32. The Morgan fingerprint density at radius 1 is 0.682 bits per heavy atom. The number of nitrogens with zero attached hydrogens (tertiary/aromatic N) is 2. The van der Waals surface area contributed by atoms with Crippen LogP contribution in [-0.2, 0) is 0 Å². The molecule has 2 aromatic carbocycles. The molecule has 2 aromatic heterocycles. The molecule has 0 N–H and O–H groups in total. The van der Waals surface area contributed by atoms with E-state index in [9.17, 15) is 0 Å². The van der Waals surface area contributed by atoms with Crippen LogP contribution in [0.1, 0.15) is 11.1 Å². The minimum atomic E-state index is 1.08. The number of hydrogen-bond acceptors (Lipinski definition) is 2. The van der Waals surface area contributed by atoms with Crippen LogP contribution in [-0.4, -0.2) is 9.97 Å². The first-order valence-electron chi connectivity index (χ1n) is 7.35. The number of aryl methyl sites for hydroxylation is 2. The molecule has 108 valence electrons. The standard InChI is InChI=1S/2C10H9N/c1-8-4-2-6-10-9(8)5-3-7-11-10;1-8-3-2-4-9-7-11-6-5-10(8)9/h2*2-7H,1H3. The van der Waals surface area contributed by atoms with Crippen molar-refractivity contribution in [2.45, 2.75) is 13.8 Å². The molecule has 0 unspecified atom stereocenters. The molecule has 2 heteroatoms. The van der Waals surface area contributed by atoms with Gasteiger partial charge in [0.1, 0.15) is 0 Å². The third-order valence-electron chi connectivity index (χ3n) is 3.76. The summed E-state index contributed by atoms with van der Waals surface area (Å²) in [7, 11) is 0. The number of fused-ring (bicyclic) bond motifs is 2. The van der Waals surface area contributed by atoms with Crippen molar-refractivity contribution in [1.29, 1.82) is 0 Å². The van der Waals surface area contributed by atoms with Crippen LogP contribution in [0.3, 0.4) is 0 Å². The molecule has 0 fully saturated rings. The summed E-state index contributed by atoms with van der Waals surface area (Å²) >= 11 is 0. The summed E-state index contributed by atoms with van der Waals surface area (Å²) < 4.78 is 0. The van der Waals surface area contributed by atoms with Gasteiger partial charge in [-0.1, -0.05) is 36.4 Å². The van der Waals surface area contributed by atoms with Gasteiger partial charge in [0.05, 0.1) is 5.52 Å². The summed E-state index contributed by atoms with van der Waals surface area (Å²) in [6.45, 7) is 4.21. The lowest BCUT2D eigenvalue weighted by atomic mass is 10.1. The van der Waals surface area contributed by atoms with Gasteiger partial charge < -0.3 is 0 Å². The van der Waals surface area contributed by atoms with Crippen LogP contribution in [0.25, 0.3) is 21.7 Å². The molecule has 0 spiro atoms. The van der Waals surface area contributed by atoms with Crippen molar-refractivity contribution in [3.8, 4) is 0 Å². The molecule has 0 aliphatic heterocycles. The molecule has 0 amide bonds. The van der Waals surface area contributed by atoms with E-state index in [2.05, 4.69) is 54.1 Å². The van der Waals surface area contributed by atoms with Crippen molar-refractivity contribution in [3.63, 3.8) is 0 Å². The third-order valence-corrected chi connectivity index (χ3v) is 3.76. The Labute approximate surface area is 130 Å². The molecular weight excluding hydrogens is 268 g/mol. The summed E-state index contributed by atoms with van der Waals surface area (Å²) in [5, 5.41) is 3.75. The van der Waals surface area contributed by atoms with Crippen LogP contribution in [0.15, 0.2) is 73.2 Å². The molecule has 0 atom stereocenters. The molecule has 2 heterocycles. The largest absolute Gasteiger partial charge is 0.264 e. The molecular formula is C20H18N2. The van der Waals surface area contributed by atoms with Crippen molar-refractivity contribution >= 4 is 21.7 Å². The molecule has 4 aromatic rings. The Bertz CT molecular complexity index is 825. The Hall–Kier alpha value is -2.74. The lowest BCUT2D eigenvalue weighted by Gasteiger charge is -1.98. The fourth-order valence-electron chi connectivity index (χ4n) is 2.54. The lowest BCUT2D eigenvalue weighted by molar-refractivity contribution is 1.36. The van der Waals surface area contributed by atoms with Crippen LogP contribution in [0.2, 0.25) is 0 Å². The third kappa shape index (κ3) is 2.96. The van der Waals surface area contributed by atoms with E-state index in [-0.39, 0.29) is 0 Å². The molecule has 0 saturated heterocycles. The van der Waals surface area contributed by atoms with Gasteiger partial charge in [0.2, 0.25) is 0 Å². The molecule has 0 saturated carbocycles. The van der Waals surface area contributed by atoms with E-state index >= 15 is 0 Å².